The van der Waals surface area contributed by atoms with E-state index in [4.69, 9.17) is 11.6 Å². The molecule has 1 unspecified atom stereocenters. The first kappa shape index (κ1) is 20.9. The number of nitrogens with one attached hydrogen (secondary N) is 1. The lowest BCUT2D eigenvalue weighted by Gasteiger charge is -2.16. The SMILES string of the molecule is Cc1nn(-c2ccc(F)cc2)c(Cl)c1C(=O)NC(C)c1cccc(C(F)(F)F)c1. The number of alkyl halides is 3. The minimum atomic E-state index is -4.48. The van der Waals surface area contributed by atoms with Crippen molar-refractivity contribution in [3.05, 3.63) is 81.9 Å². The summed E-state index contributed by atoms with van der Waals surface area (Å²) >= 11 is 6.31. The Morgan fingerprint density at radius 1 is 1.17 bits per heavy atom. The second-order valence-corrected chi connectivity index (χ2v) is 6.82. The van der Waals surface area contributed by atoms with Crippen LogP contribution in [0.2, 0.25) is 5.15 Å². The van der Waals surface area contributed by atoms with Crippen molar-refractivity contribution in [2.75, 3.05) is 0 Å². The second kappa shape index (κ2) is 7.87. The molecule has 0 aliphatic heterocycles. The minimum absolute atomic E-state index is 0.0165. The fourth-order valence-electron chi connectivity index (χ4n) is 2.85. The van der Waals surface area contributed by atoms with Gasteiger partial charge in [0.2, 0.25) is 0 Å². The fraction of sp³-hybridized carbons (Fsp3) is 0.200. The van der Waals surface area contributed by atoms with E-state index in [1.54, 1.807) is 13.8 Å². The molecule has 3 rings (SSSR count). The summed E-state index contributed by atoms with van der Waals surface area (Å²) in [4.78, 5) is 12.7. The van der Waals surface area contributed by atoms with Crippen LogP contribution in [-0.2, 0) is 6.18 Å². The molecule has 0 aliphatic carbocycles. The molecule has 2 aromatic carbocycles. The third-order valence-corrected chi connectivity index (χ3v) is 4.71. The van der Waals surface area contributed by atoms with Gasteiger partial charge in [0.1, 0.15) is 11.0 Å². The van der Waals surface area contributed by atoms with Gasteiger partial charge in [0.15, 0.2) is 0 Å². The van der Waals surface area contributed by atoms with Crippen molar-refractivity contribution < 1.29 is 22.4 Å². The predicted molar refractivity (Wildman–Crippen MR) is 101 cm³/mol. The zero-order chi connectivity index (χ0) is 21.3. The molecule has 0 radical (unpaired) electrons. The smallest absolute Gasteiger partial charge is 0.345 e. The van der Waals surface area contributed by atoms with Crippen LogP contribution in [0.4, 0.5) is 17.6 Å². The van der Waals surface area contributed by atoms with Crippen LogP contribution in [0.5, 0.6) is 0 Å². The summed E-state index contributed by atoms with van der Waals surface area (Å²) in [5.74, 6) is -1.01. The highest BCUT2D eigenvalue weighted by Gasteiger charge is 2.31. The maximum absolute atomic E-state index is 13.1. The average molecular weight is 426 g/mol. The van der Waals surface area contributed by atoms with Crippen molar-refractivity contribution in [3.8, 4) is 5.69 Å². The van der Waals surface area contributed by atoms with Crippen LogP contribution in [-0.4, -0.2) is 15.7 Å². The van der Waals surface area contributed by atoms with Gasteiger partial charge in [-0.3, -0.25) is 4.79 Å². The zero-order valence-corrected chi connectivity index (χ0v) is 16.1. The van der Waals surface area contributed by atoms with Gasteiger partial charge in [-0.15, -0.1) is 0 Å². The topological polar surface area (TPSA) is 46.9 Å². The molecular formula is C20H16ClF4N3O. The summed E-state index contributed by atoms with van der Waals surface area (Å²) in [6.07, 6.45) is -4.48. The molecular weight excluding hydrogens is 410 g/mol. The maximum Gasteiger partial charge on any atom is 0.416 e. The Hall–Kier alpha value is -2.87. The number of aromatic nitrogens is 2. The van der Waals surface area contributed by atoms with Gasteiger partial charge in [0.25, 0.3) is 5.91 Å². The number of rotatable bonds is 4. The molecule has 0 aliphatic rings. The molecule has 1 amide bonds. The summed E-state index contributed by atoms with van der Waals surface area (Å²) in [6, 6.07) is 9.42. The lowest BCUT2D eigenvalue weighted by atomic mass is 10.0. The van der Waals surface area contributed by atoms with Crippen molar-refractivity contribution in [3.63, 3.8) is 0 Å². The molecule has 1 atom stereocenters. The lowest BCUT2D eigenvalue weighted by Crippen LogP contribution is -2.27. The van der Waals surface area contributed by atoms with Gasteiger partial charge >= 0.3 is 6.18 Å². The summed E-state index contributed by atoms with van der Waals surface area (Å²) in [7, 11) is 0. The highest BCUT2D eigenvalue weighted by molar-refractivity contribution is 6.33. The third kappa shape index (κ3) is 4.42. The number of benzene rings is 2. The summed E-state index contributed by atoms with van der Waals surface area (Å²) < 4.78 is 53.2. The molecule has 9 heteroatoms. The van der Waals surface area contributed by atoms with E-state index < -0.39 is 29.5 Å². The molecule has 1 aromatic heterocycles. The van der Waals surface area contributed by atoms with Crippen LogP contribution < -0.4 is 5.32 Å². The molecule has 152 valence electrons. The molecule has 4 nitrogen and oxygen atoms in total. The standard InChI is InChI=1S/C20H16ClF4N3O/c1-11(13-4-3-5-14(10-13)20(23,24)25)26-19(29)17-12(2)27-28(18(17)21)16-8-6-15(22)7-9-16/h3-11H,1-2H3,(H,26,29). The fourth-order valence-corrected chi connectivity index (χ4v) is 3.20. The van der Waals surface area contributed by atoms with Crippen molar-refractivity contribution in [1.82, 2.24) is 15.1 Å². The third-order valence-electron chi connectivity index (χ3n) is 4.36. The van der Waals surface area contributed by atoms with E-state index in [1.807, 2.05) is 0 Å². The lowest BCUT2D eigenvalue weighted by molar-refractivity contribution is -0.137. The van der Waals surface area contributed by atoms with Crippen LogP contribution in [0.25, 0.3) is 5.69 Å². The van der Waals surface area contributed by atoms with Gasteiger partial charge in [-0.05, 0) is 55.8 Å². The Balaban J connectivity index is 1.85. The second-order valence-electron chi connectivity index (χ2n) is 6.46. The monoisotopic (exact) mass is 425 g/mol. The summed E-state index contributed by atoms with van der Waals surface area (Å²) in [6.45, 7) is 3.15. The Kier molecular flexibility index (Phi) is 5.66. The Labute approximate surface area is 169 Å². The molecule has 29 heavy (non-hydrogen) atoms. The normalized spacial score (nSPS) is 12.7. The van der Waals surface area contributed by atoms with Gasteiger partial charge < -0.3 is 5.32 Å². The molecule has 0 saturated heterocycles. The van der Waals surface area contributed by atoms with E-state index in [-0.39, 0.29) is 10.7 Å². The first-order chi connectivity index (χ1) is 13.6. The molecule has 0 fully saturated rings. The number of halogens is 5. The van der Waals surface area contributed by atoms with Gasteiger partial charge in [0, 0.05) is 0 Å². The number of carbonyl (C=O) groups excluding carboxylic acids is 1. The number of aryl methyl sites for hydroxylation is 1. The summed E-state index contributed by atoms with van der Waals surface area (Å²) in [5.41, 5.74) is 0.384. The van der Waals surface area contributed by atoms with E-state index in [0.717, 1.165) is 12.1 Å². The maximum atomic E-state index is 13.1. The molecule has 0 bridgehead atoms. The highest BCUT2D eigenvalue weighted by atomic mass is 35.5. The van der Waals surface area contributed by atoms with Gasteiger partial charge in [-0.2, -0.15) is 18.3 Å². The van der Waals surface area contributed by atoms with E-state index in [9.17, 15) is 22.4 Å². The van der Waals surface area contributed by atoms with Crippen LogP contribution >= 0.6 is 11.6 Å². The molecule has 0 saturated carbocycles. The van der Waals surface area contributed by atoms with Crippen LogP contribution in [0.1, 0.15) is 40.1 Å². The first-order valence-corrected chi connectivity index (χ1v) is 8.95. The Bertz CT molecular complexity index is 1040. The Morgan fingerprint density at radius 2 is 1.83 bits per heavy atom. The van der Waals surface area contributed by atoms with Crippen molar-refractivity contribution >= 4 is 17.5 Å². The van der Waals surface area contributed by atoms with E-state index in [2.05, 4.69) is 10.4 Å². The van der Waals surface area contributed by atoms with E-state index in [1.165, 1.54) is 41.1 Å². The average Bonchev–Trinajstić information content (AvgIpc) is 2.96. The first-order valence-electron chi connectivity index (χ1n) is 8.57. The van der Waals surface area contributed by atoms with Gasteiger partial charge in [0.05, 0.1) is 28.6 Å². The molecule has 3 aromatic rings. The highest BCUT2D eigenvalue weighted by Crippen LogP contribution is 2.31. The van der Waals surface area contributed by atoms with Crippen LogP contribution in [0.3, 0.4) is 0 Å². The summed E-state index contributed by atoms with van der Waals surface area (Å²) in [5, 5.41) is 6.87. The molecule has 1 heterocycles. The van der Waals surface area contributed by atoms with Gasteiger partial charge in [-0.1, -0.05) is 23.7 Å². The number of amides is 1. The van der Waals surface area contributed by atoms with E-state index in [0.29, 0.717) is 16.9 Å². The number of carbonyl (C=O) groups is 1. The van der Waals surface area contributed by atoms with Crippen molar-refractivity contribution in [2.45, 2.75) is 26.1 Å². The molecule has 0 spiro atoms. The zero-order valence-electron chi connectivity index (χ0n) is 15.4. The molecule has 1 N–H and O–H groups in total. The number of hydrogen-bond donors (Lipinski definition) is 1. The largest absolute Gasteiger partial charge is 0.416 e. The minimum Gasteiger partial charge on any atom is -0.345 e. The van der Waals surface area contributed by atoms with Crippen LogP contribution in [0.15, 0.2) is 48.5 Å². The Morgan fingerprint density at radius 3 is 2.45 bits per heavy atom. The number of hydrogen-bond acceptors (Lipinski definition) is 2. The van der Waals surface area contributed by atoms with Crippen LogP contribution in [0, 0.1) is 12.7 Å². The van der Waals surface area contributed by atoms with Crippen molar-refractivity contribution in [1.29, 1.82) is 0 Å². The van der Waals surface area contributed by atoms with Crippen molar-refractivity contribution in [2.24, 2.45) is 0 Å². The van der Waals surface area contributed by atoms with E-state index >= 15 is 0 Å². The number of nitrogens with zero attached hydrogens (tertiary/aromatic N) is 2. The quantitative estimate of drug-likeness (QED) is 0.562. The van der Waals surface area contributed by atoms with Gasteiger partial charge in [-0.25, -0.2) is 9.07 Å². The predicted octanol–water partition coefficient (Wildman–Crippen LogP) is 5.48.